The maximum Gasteiger partial charge on any atom is 0.421 e. The zero-order valence-electron chi connectivity index (χ0n) is 17.4. The maximum absolute atomic E-state index is 13.5. The van der Waals surface area contributed by atoms with Gasteiger partial charge >= 0.3 is 6.18 Å². The van der Waals surface area contributed by atoms with Crippen molar-refractivity contribution in [2.24, 2.45) is 0 Å². The molecule has 4 rings (SSSR count). The van der Waals surface area contributed by atoms with Crippen LogP contribution in [0.5, 0.6) is 11.5 Å². The predicted octanol–water partition coefficient (Wildman–Crippen LogP) is 6.31. The van der Waals surface area contributed by atoms with Gasteiger partial charge in [-0.1, -0.05) is 0 Å². The molecule has 0 bridgehead atoms. The molecule has 0 atom stereocenters. The second-order valence-electron chi connectivity index (χ2n) is 7.48. The Labute approximate surface area is 183 Å². The Balaban J connectivity index is 1.51. The minimum absolute atomic E-state index is 0.0403. The van der Waals surface area contributed by atoms with E-state index in [9.17, 15) is 13.2 Å². The van der Waals surface area contributed by atoms with E-state index in [4.69, 9.17) is 9.47 Å². The van der Waals surface area contributed by atoms with Crippen molar-refractivity contribution in [1.29, 1.82) is 0 Å². The summed E-state index contributed by atoms with van der Waals surface area (Å²) in [4.78, 5) is 7.90. The number of rotatable bonds is 7. The second kappa shape index (κ2) is 9.33. The lowest BCUT2D eigenvalue weighted by Gasteiger charge is -2.16. The Morgan fingerprint density at radius 1 is 0.875 bits per heavy atom. The Morgan fingerprint density at radius 3 is 2.06 bits per heavy atom. The van der Waals surface area contributed by atoms with Crippen LogP contribution in [0, 0.1) is 0 Å². The number of hydrogen-bond donors (Lipinski definition) is 2. The monoisotopic (exact) mass is 444 g/mol. The smallest absolute Gasteiger partial charge is 0.421 e. The quantitative estimate of drug-likeness (QED) is 0.445. The second-order valence-corrected chi connectivity index (χ2v) is 7.48. The Morgan fingerprint density at radius 2 is 1.47 bits per heavy atom. The molecule has 0 saturated heterocycles. The van der Waals surface area contributed by atoms with Crippen molar-refractivity contribution in [2.45, 2.75) is 38.0 Å². The number of ether oxygens (including phenoxy) is 2. The van der Waals surface area contributed by atoms with E-state index in [1.165, 1.54) is 20.0 Å². The maximum atomic E-state index is 13.5. The molecule has 1 aromatic heterocycles. The van der Waals surface area contributed by atoms with Crippen molar-refractivity contribution in [3.63, 3.8) is 0 Å². The summed E-state index contributed by atoms with van der Waals surface area (Å²) in [6, 6.07) is 13.7. The van der Waals surface area contributed by atoms with Crippen LogP contribution in [0.25, 0.3) is 0 Å². The fourth-order valence-electron chi connectivity index (χ4n) is 3.50. The van der Waals surface area contributed by atoms with Crippen molar-refractivity contribution < 1.29 is 22.6 Å². The molecule has 2 aromatic carbocycles. The molecule has 168 valence electrons. The van der Waals surface area contributed by atoms with Crippen LogP contribution in [0.2, 0.25) is 0 Å². The van der Waals surface area contributed by atoms with Gasteiger partial charge in [0.05, 0.1) is 13.2 Å². The summed E-state index contributed by atoms with van der Waals surface area (Å²) in [6.45, 7) is 0. The molecule has 0 spiro atoms. The number of nitrogens with one attached hydrogen (secondary N) is 2. The molecule has 1 aliphatic rings. The van der Waals surface area contributed by atoms with Gasteiger partial charge in [0.25, 0.3) is 0 Å². The van der Waals surface area contributed by atoms with Crippen LogP contribution in [0.15, 0.2) is 54.7 Å². The van der Waals surface area contributed by atoms with E-state index < -0.39 is 11.7 Å². The topological polar surface area (TPSA) is 68.3 Å². The number of alkyl halides is 3. The molecule has 6 nitrogen and oxygen atoms in total. The van der Waals surface area contributed by atoms with Gasteiger partial charge in [0, 0.05) is 17.6 Å². The van der Waals surface area contributed by atoms with Gasteiger partial charge in [-0.25, -0.2) is 4.98 Å². The molecule has 3 aromatic rings. The summed E-state index contributed by atoms with van der Waals surface area (Å²) in [5.41, 5.74) is 0.118. The third-order valence-electron chi connectivity index (χ3n) is 5.16. The molecule has 32 heavy (non-hydrogen) atoms. The fraction of sp³-hybridized carbons (Fsp3) is 0.304. The Kier molecular flexibility index (Phi) is 6.34. The minimum atomic E-state index is -4.60. The summed E-state index contributed by atoms with van der Waals surface area (Å²) < 4.78 is 51.4. The third-order valence-corrected chi connectivity index (χ3v) is 5.16. The van der Waals surface area contributed by atoms with E-state index in [1.54, 1.807) is 36.4 Å². The Hall–Kier alpha value is -3.49. The lowest BCUT2D eigenvalue weighted by molar-refractivity contribution is -0.137. The normalized spacial score (nSPS) is 14.2. The molecule has 2 N–H and O–H groups in total. The summed E-state index contributed by atoms with van der Waals surface area (Å²) >= 11 is 0. The van der Waals surface area contributed by atoms with Crippen molar-refractivity contribution in [3.05, 3.63) is 60.3 Å². The minimum Gasteiger partial charge on any atom is -0.497 e. The van der Waals surface area contributed by atoms with Gasteiger partial charge in [0.2, 0.25) is 5.95 Å². The van der Waals surface area contributed by atoms with Crippen molar-refractivity contribution in [3.8, 4) is 11.5 Å². The van der Waals surface area contributed by atoms with Crippen LogP contribution in [0.1, 0.15) is 31.2 Å². The molecule has 0 radical (unpaired) electrons. The van der Waals surface area contributed by atoms with E-state index in [2.05, 4.69) is 20.6 Å². The van der Waals surface area contributed by atoms with Gasteiger partial charge in [0.15, 0.2) is 0 Å². The van der Waals surface area contributed by atoms with Crippen molar-refractivity contribution in [1.82, 2.24) is 9.97 Å². The standard InChI is InChI=1S/C23H23F3N4O2/c1-31-17-10-6-15(7-11-17)28-21-20(23(24,25)26)14-27-22(30-21)29-16-8-12-19(13-9-16)32-18-4-2-3-5-18/h6-14,18H,2-5H2,1H3,(H2,27,28,29,30). The number of hydrogen-bond acceptors (Lipinski definition) is 6. The SMILES string of the molecule is COc1ccc(Nc2nc(Nc3ccc(OC4CCCC4)cc3)ncc2C(F)(F)F)cc1. The molecule has 0 amide bonds. The van der Waals surface area contributed by atoms with Gasteiger partial charge in [-0.05, 0) is 74.2 Å². The number of nitrogens with zero attached hydrogens (tertiary/aromatic N) is 2. The van der Waals surface area contributed by atoms with E-state index in [-0.39, 0.29) is 17.9 Å². The van der Waals surface area contributed by atoms with Crippen molar-refractivity contribution in [2.75, 3.05) is 17.7 Å². The summed E-state index contributed by atoms with van der Waals surface area (Å²) in [5.74, 6) is 1.05. The van der Waals surface area contributed by atoms with E-state index in [1.807, 2.05) is 12.1 Å². The van der Waals surface area contributed by atoms with Gasteiger partial charge in [-0.2, -0.15) is 18.2 Å². The van der Waals surface area contributed by atoms with E-state index in [0.717, 1.165) is 24.8 Å². The number of halogens is 3. The summed E-state index contributed by atoms with van der Waals surface area (Å²) in [6.07, 6.45) is 0.891. The first-order chi connectivity index (χ1) is 15.4. The van der Waals surface area contributed by atoms with Crippen LogP contribution in [-0.4, -0.2) is 23.2 Å². The molecule has 0 unspecified atom stereocenters. The molecule has 1 saturated carbocycles. The zero-order valence-corrected chi connectivity index (χ0v) is 17.4. The number of anilines is 4. The number of methoxy groups -OCH3 is 1. The van der Waals surface area contributed by atoms with Gasteiger partial charge < -0.3 is 20.1 Å². The average molecular weight is 444 g/mol. The molecular weight excluding hydrogens is 421 g/mol. The molecule has 1 heterocycles. The highest BCUT2D eigenvalue weighted by atomic mass is 19.4. The van der Waals surface area contributed by atoms with E-state index in [0.29, 0.717) is 17.1 Å². The number of aromatic nitrogens is 2. The molecular formula is C23H23F3N4O2. The van der Waals surface area contributed by atoms with Crippen LogP contribution in [0.4, 0.5) is 36.3 Å². The molecule has 9 heteroatoms. The van der Waals surface area contributed by atoms with Crippen LogP contribution >= 0.6 is 0 Å². The Bertz CT molecular complexity index is 1030. The third kappa shape index (κ3) is 5.40. The highest BCUT2D eigenvalue weighted by Crippen LogP contribution is 2.35. The first-order valence-electron chi connectivity index (χ1n) is 10.3. The first-order valence-corrected chi connectivity index (χ1v) is 10.3. The van der Waals surface area contributed by atoms with Crippen LogP contribution in [0.3, 0.4) is 0 Å². The van der Waals surface area contributed by atoms with E-state index >= 15 is 0 Å². The van der Waals surface area contributed by atoms with Crippen LogP contribution < -0.4 is 20.1 Å². The van der Waals surface area contributed by atoms with Gasteiger partial charge in [0.1, 0.15) is 22.9 Å². The fourth-order valence-corrected chi connectivity index (χ4v) is 3.50. The zero-order chi connectivity index (χ0) is 22.6. The van der Waals surface area contributed by atoms with Crippen LogP contribution in [-0.2, 0) is 6.18 Å². The lowest BCUT2D eigenvalue weighted by atomic mass is 10.2. The summed E-state index contributed by atoms with van der Waals surface area (Å²) in [5, 5.41) is 5.66. The molecule has 0 aliphatic heterocycles. The van der Waals surface area contributed by atoms with Gasteiger partial charge in [-0.3, -0.25) is 0 Å². The molecule has 1 aliphatic carbocycles. The first kappa shape index (κ1) is 21.7. The average Bonchev–Trinajstić information content (AvgIpc) is 3.28. The molecule has 1 fully saturated rings. The lowest BCUT2D eigenvalue weighted by Crippen LogP contribution is -2.12. The highest BCUT2D eigenvalue weighted by Gasteiger charge is 2.35. The number of benzene rings is 2. The summed E-state index contributed by atoms with van der Waals surface area (Å²) in [7, 11) is 1.51. The van der Waals surface area contributed by atoms with Gasteiger partial charge in [-0.15, -0.1) is 0 Å². The van der Waals surface area contributed by atoms with Crippen molar-refractivity contribution >= 4 is 23.1 Å². The highest BCUT2D eigenvalue weighted by molar-refractivity contribution is 5.63. The largest absolute Gasteiger partial charge is 0.497 e. The predicted molar refractivity (Wildman–Crippen MR) is 116 cm³/mol.